The summed E-state index contributed by atoms with van der Waals surface area (Å²) in [6.45, 7) is 4.88. The molecule has 0 unspecified atom stereocenters. The van der Waals surface area contributed by atoms with Crippen LogP contribution in [-0.2, 0) is 6.42 Å². The lowest BCUT2D eigenvalue weighted by Gasteiger charge is -2.55. The van der Waals surface area contributed by atoms with Gasteiger partial charge in [-0.1, -0.05) is 19.9 Å². The first-order chi connectivity index (χ1) is 11.6. The molecule has 122 valence electrons. The van der Waals surface area contributed by atoms with Crippen molar-refractivity contribution in [3.8, 4) is 11.4 Å². The highest BCUT2D eigenvalue weighted by Crippen LogP contribution is 2.61. The molecule has 0 aliphatic heterocycles. The largest absolute Gasteiger partial charge is 0.497 e. The second-order valence-electron chi connectivity index (χ2n) is 7.90. The van der Waals surface area contributed by atoms with Crippen molar-refractivity contribution in [3.63, 3.8) is 0 Å². The van der Waals surface area contributed by atoms with Gasteiger partial charge < -0.3 is 4.74 Å². The Morgan fingerprint density at radius 3 is 2.62 bits per heavy atom. The van der Waals surface area contributed by atoms with Crippen molar-refractivity contribution >= 4 is 5.52 Å². The molecule has 0 spiro atoms. The normalized spacial score (nSPS) is 23.6. The standard InChI is InChI=1S/C21H23N2O/c1-21(2)15-10-14-4-5-17-12-22(13-23(17)20(14)19(21)11-15)16-6-8-18(24-3)9-7-16/h4-9,12-13,15,19H,10-11H2,1-3H3/q+1/t15-,19-/m0/s1. The Hall–Kier alpha value is -2.29. The Morgan fingerprint density at radius 1 is 1.12 bits per heavy atom. The van der Waals surface area contributed by atoms with E-state index in [0.29, 0.717) is 11.3 Å². The smallest absolute Gasteiger partial charge is 0.254 e. The first kappa shape index (κ1) is 14.1. The molecular weight excluding hydrogens is 296 g/mol. The molecule has 6 rings (SSSR count). The number of methoxy groups -OCH3 is 1. The molecule has 0 amide bonds. The van der Waals surface area contributed by atoms with E-state index in [2.05, 4.69) is 59.6 Å². The summed E-state index contributed by atoms with van der Waals surface area (Å²) < 4.78 is 9.90. The molecule has 0 N–H and O–H groups in total. The highest BCUT2D eigenvalue weighted by atomic mass is 16.5. The minimum atomic E-state index is 0.441. The average molecular weight is 319 g/mol. The first-order valence-electron chi connectivity index (χ1n) is 8.77. The van der Waals surface area contributed by atoms with Crippen LogP contribution in [0.25, 0.3) is 11.2 Å². The summed E-state index contributed by atoms with van der Waals surface area (Å²) >= 11 is 0. The van der Waals surface area contributed by atoms with Crippen LogP contribution >= 0.6 is 0 Å². The van der Waals surface area contributed by atoms with Gasteiger partial charge in [0, 0.05) is 5.92 Å². The van der Waals surface area contributed by atoms with E-state index in [9.17, 15) is 0 Å². The number of rotatable bonds is 2. The minimum absolute atomic E-state index is 0.441. The maximum absolute atomic E-state index is 5.27. The average Bonchev–Trinajstić information content (AvgIpc) is 3.05. The zero-order valence-corrected chi connectivity index (χ0v) is 14.5. The molecule has 1 saturated carbocycles. The Morgan fingerprint density at radius 2 is 1.92 bits per heavy atom. The molecular formula is C21H23N2O+. The van der Waals surface area contributed by atoms with E-state index in [0.717, 1.165) is 17.4 Å². The maximum atomic E-state index is 5.27. The third-order valence-corrected chi connectivity index (χ3v) is 6.47. The predicted octanol–water partition coefficient (Wildman–Crippen LogP) is 3.91. The molecule has 2 heterocycles. The summed E-state index contributed by atoms with van der Waals surface area (Å²) in [6, 6.07) is 12.8. The van der Waals surface area contributed by atoms with Gasteiger partial charge in [-0.2, -0.15) is 4.40 Å². The molecule has 3 aliphatic rings. The fourth-order valence-electron chi connectivity index (χ4n) is 4.73. The summed E-state index contributed by atoms with van der Waals surface area (Å²) in [7, 11) is 1.70. The first-order valence-corrected chi connectivity index (χ1v) is 8.77. The van der Waals surface area contributed by atoms with Crippen LogP contribution in [0.15, 0.2) is 48.9 Å². The summed E-state index contributed by atoms with van der Waals surface area (Å²) in [5, 5.41) is 0. The minimum Gasteiger partial charge on any atom is -0.497 e. The molecule has 2 aromatic heterocycles. The van der Waals surface area contributed by atoms with Crippen LogP contribution in [-0.4, -0.2) is 11.5 Å². The Labute approximate surface area is 142 Å². The van der Waals surface area contributed by atoms with Gasteiger partial charge in [0.15, 0.2) is 5.52 Å². The van der Waals surface area contributed by atoms with Gasteiger partial charge in [-0.15, -0.1) is 0 Å². The highest BCUT2D eigenvalue weighted by Gasteiger charge is 2.54. The van der Waals surface area contributed by atoms with E-state index in [1.165, 1.54) is 24.1 Å². The number of hydrogen-bond acceptors (Lipinski definition) is 1. The van der Waals surface area contributed by atoms with E-state index < -0.39 is 0 Å². The molecule has 0 radical (unpaired) electrons. The van der Waals surface area contributed by atoms with Crippen molar-refractivity contribution in [2.75, 3.05) is 7.11 Å². The summed E-state index contributed by atoms with van der Waals surface area (Å²) in [5.41, 5.74) is 5.95. The molecule has 0 saturated heterocycles. The lowest BCUT2D eigenvalue weighted by molar-refractivity contribution is -0.594. The lowest BCUT2D eigenvalue weighted by atomic mass is 9.48. The molecule has 3 nitrogen and oxygen atoms in total. The number of imidazole rings is 1. The van der Waals surface area contributed by atoms with Crippen LogP contribution < -0.4 is 9.30 Å². The maximum Gasteiger partial charge on any atom is 0.254 e. The monoisotopic (exact) mass is 319 g/mol. The predicted molar refractivity (Wildman–Crippen MR) is 93.8 cm³/mol. The van der Waals surface area contributed by atoms with Gasteiger partial charge in [0.25, 0.3) is 6.33 Å². The van der Waals surface area contributed by atoms with Crippen LogP contribution in [0, 0.1) is 11.3 Å². The third-order valence-electron chi connectivity index (χ3n) is 6.47. The van der Waals surface area contributed by atoms with E-state index >= 15 is 0 Å². The third kappa shape index (κ3) is 1.75. The van der Waals surface area contributed by atoms with Gasteiger partial charge in [0.1, 0.15) is 23.3 Å². The number of hydrogen-bond donors (Lipinski definition) is 0. The van der Waals surface area contributed by atoms with Crippen molar-refractivity contribution in [2.24, 2.45) is 11.3 Å². The molecule has 3 aromatic rings. The molecule has 1 aromatic carbocycles. The zero-order chi connectivity index (χ0) is 16.5. The van der Waals surface area contributed by atoms with Crippen molar-refractivity contribution in [2.45, 2.75) is 32.6 Å². The van der Waals surface area contributed by atoms with E-state index in [-0.39, 0.29) is 0 Å². The fourth-order valence-corrected chi connectivity index (χ4v) is 4.73. The number of ether oxygens (including phenoxy) is 1. The van der Waals surface area contributed by atoms with Gasteiger partial charge in [-0.05, 0) is 60.1 Å². The quantitative estimate of drug-likeness (QED) is 0.655. The van der Waals surface area contributed by atoms with Crippen LogP contribution in [0.1, 0.15) is 37.4 Å². The Kier molecular flexibility index (Phi) is 2.71. The van der Waals surface area contributed by atoms with Gasteiger partial charge in [0.2, 0.25) is 0 Å². The number of nitrogens with zero attached hydrogens (tertiary/aromatic N) is 2. The second-order valence-corrected chi connectivity index (χ2v) is 7.90. The highest BCUT2D eigenvalue weighted by molar-refractivity contribution is 5.50. The van der Waals surface area contributed by atoms with E-state index in [1.807, 2.05) is 12.1 Å². The van der Waals surface area contributed by atoms with Crippen LogP contribution in [0.4, 0.5) is 0 Å². The SMILES string of the molecule is COc1ccc(-[n+]2cc3ccc4c(n3c2)[C@@H]2C[C@H](C4)C2(C)C)cc1. The van der Waals surface area contributed by atoms with Crippen molar-refractivity contribution < 1.29 is 9.30 Å². The lowest BCUT2D eigenvalue weighted by Crippen LogP contribution is -2.49. The fraction of sp³-hybridized carbons (Fsp3) is 0.381. The molecule has 24 heavy (non-hydrogen) atoms. The second kappa shape index (κ2) is 4.62. The van der Waals surface area contributed by atoms with Crippen LogP contribution in [0.2, 0.25) is 0 Å². The van der Waals surface area contributed by atoms with Gasteiger partial charge in [0.05, 0.1) is 7.11 Å². The van der Waals surface area contributed by atoms with Crippen LogP contribution in [0.3, 0.4) is 0 Å². The van der Waals surface area contributed by atoms with E-state index in [4.69, 9.17) is 4.74 Å². The van der Waals surface area contributed by atoms with Crippen LogP contribution in [0.5, 0.6) is 5.75 Å². The number of fused-ring (bicyclic) bond motifs is 1. The molecule has 2 atom stereocenters. The summed E-state index contributed by atoms with van der Waals surface area (Å²) in [6.07, 6.45) is 7.04. The molecule has 1 fully saturated rings. The molecule has 3 aliphatic carbocycles. The number of aromatic nitrogens is 2. The number of pyridine rings is 1. The topological polar surface area (TPSA) is 17.5 Å². The Bertz CT molecular complexity index is 936. The molecule has 2 bridgehead atoms. The van der Waals surface area contributed by atoms with Gasteiger partial charge >= 0.3 is 0 Å². The summed E-state index contributed by atoms with van der Waals surface area (Å²) in [5.74, 6) is 2.44. The molecule has 3 heteroatoms. The van der Waals surface area contributed by atoms with Gasteiger partial charge in [-0.3, -0.25) is 0 Å². The number of benzene rings is 1. The van der Waals surface area contributed by atoms with Crippen molar-refractivity contribution in [1.82, 2.24) is 4.40 Å². The van der Waals surface area contributed by atoms with Crippen molar-refractivity contribution in [3.05, 3.63) is 60.2 Å². The Balaban J connectivity index is 1.65. The van der Waals surface area contributed by atoms with Gasteiger partial charge in [-0.25, -0.2) is 4.57 Å². The summed E-state index contributed by atoms with van der Waals surface area (Å²) in [4.78, 5) is 0. The zero-order valence-electron chi connectivity index (χ0n) is 14.5. The van der Waals surface area contributed by atoms with E-state index in [1.54, 1.807) is 12.7 Å². The van der Waals surface area contributed by atoms with Crippen molar-refractivity contribution in [1.29, 1.82) is 0 Å².